The highest BCUT2D eigenvalue weighted by Gasteiger charge is 2.18. The van der Waals surface area contributed by atoms with Gasteiger partial charge in [-0.3, -0.25) is 0 Å². The number of thiazole rings is 1. The van der Waals surface area contributed by atoms with Crippen LogP contribution in [0.5, 0.6) is 0 Å². The molecule has 0 spiro atoms. The first-order chi connectivity index (χ1) is 8.50. The van der Waals surface area contributed by atoms with E-state index in [0.29, 0.717) is 5.92 Å². The summed E-state index contributed by atoms with van der Waals surface area (Å²) in [5.74, 6) is 0.417. The van der Waals surface area contributed by atoms with Crippen LogP contribution in [0.4, 0.5) is 0 Å². The minimum atomic E-state index is 0.0534. The van der Waals surface area contributed by atoms with Crippen LogP contribution in [0.3, 0.4) is 0 Å². The van der Waals surface area contributed by atoms with Crippen molar-refractivity contribution in [2.24, 2.45) is 5.73 Å². The van der Waals surface area contributed by atoms with E-state index in [9.17, 15) is 0 Å². The lowest BCUT2D eigenvalue weighted by Crippen LogP contribution is -2.06. The molecule has 0 radical (unpaired) electrons. The molecule has 3 heteroatoms. The summed E-state index contributed by atoms with van der Waals surface area (Å²) < 4.78 is 0. The zero-order valence-corrected chi connectivity index (χ0v) is 12.2. The molecule has 1 unspecified atom stereocenters. The Bertz CT molecular complexity index is 516. The molecule has 0 aliphatic carbocycles. The van der Waals surface area contributed by atoms with Crippen LogP contribution in [0.25, 0.3) is 10.6 Å². The lowest BCUT2D eigenvalue weighted by molar-refractivity contribution is 0.763. The van der Waals surface area contributed by atoms with Crippen molar-refractivity contribution in [3.8, 4) is 10.6 Å². The van der Waals surface area contributed by atoms with E-state index in [1.807, 2.05) is 6.92 Å². The predicted octanol–water partition coefficient (Wildman–Crippen LogP) is 4.26. The van der Waals surface area contributed by atoms with Gasteiger partial charge in [-0.25, -0.2) is 4.98 Å². The number of benzene rings is 1. The first-order valence-electron chi connectivity index (χ1n) is 6.33. The first-order valence-corrected chi connectivity index (χ1v) is 7.14. The third-order valence-electron chi connectivity index (χ3n) is 3.02. The van der Waals surface area contributed by atoms with E-state index < -0.39 is 0 Å². The molecule has 96 valence electrons. The molecule has 0 amide bonds. The van der Waals surface area contributed by atoms with Gasteiger partial charge in [0, 0.05) is 16.5 Å². The third-order valence-corrected chi connectivity index (χ3v) is 4.32. The second kappa shape index (κ2) is 5.21. The molecule has 1 aromatic heterocycles. The summed E-state index contributed by atoms with van der Waals surface area (Å²) in [7, 11) is 0. The summed E-state index contributed by atoms with van der Waals surface area (Å²) in [5.41, 5.74) is 9.68. The summed E-state index contributed by atoms with van der Waals surface area (Å²) in [6, 6.07) is 8.42. The Morgan fingerprint density at radius 2 is 1.83 bits per heavy atom. The quantitative estimate of drug-likeness (QED) is 0.895. The van der Waals surface area contributed by atoms with E-state index in [1.54, 1.807) is 11.3 Å². The Labute approximate surface area is 113 Å². The highest BCUT2D eigenvalue weighted by molar-refractivity contribution is 7.15. The van der Waals surface area contributed by atoms with E-state index in [-0.39, 0.29) is 6.04 Å². The van der Waals surface area contributed by atoms with Crippen molar-refractivity contribution in [3.63, 3.8) is 0 Å². The maximum absolute atomic E-state index is 6.05. The van der Waals surface area contributed by atoms with E-state index in [2.05, 4.69) is 45.0 Å². The minimum absolute atomic E-state index is 0.0534. The topological polar surface area (TPSA) is 38.9 Å². The van der Waals surface area contributed by atoms with Gasteiger partial charge in [-0.05, 0) is 25.3 Å². The van der Waals surface area contributed by atoms with Crippen LogP contribution in [0.1, 0.15) is 48.9 Å². The normalized spacial score (nSPS) is 13.0. The SMILES string of the molecule is Cc1ccccc1-c1nc(C(C)C)c(C(C)N)s1. The van der Waals surface area contributed by atoms with Crippen LogP contribution in [0.2, 0.25) is 0 Å². The molecule has 0 bridgehead atoms. The largest absolute Gasteiger partial charge is 0.323 e. The Hall–Kier alpha value is -1.19. The number of hydrogen-bond acceptors (Lipinski definition) is 3. The molecular weight excluding hydrogens is 240 g/mol. The van der Waals surface area contributed by atoms with E-state index in [0.717, 1.165) is 10.7 Å². The fraction of sp³-hybridized carbons (Fsp3) is 0.400. The van der Waals surface area contributed by atoms with Crippen molar-refractivity contribution in [1.82, 2.24) is 4.98 Å². The van der Waals surface area contributed by atoms with Crippen molar-refractivity contribution in [2.45, 2.75) is 39.7 Å². The van der Waals surface area contributed by atoms with Gasteiger partial charge in [0.2, 0.25) is 0 Å². The van der Waals surface area contributed by atoms with Gasteiger partial charge in [0.05, 0.1) is 5.69 Å². The Morgan fingerprint density at radius 3 is 2.33 bits per heavy atom. The van der Waals surface area contributed by atoms with Crippen molar-refractivity contribution in [1.29, 1.82) is 0 Å². The van der Waals surface area contributed by atoms with Crippen molar-refractivity contribution < 1.29 is 0 Å². The second-order valence-electron chi connectivity index (χ2n) is 5.03. The summed E-state index contributed by atoms with van der Waals surface area (Å²) in [4.78, 5) is 6.01. The molecule has 1 aromatic carbocycles. The summed E-state index contributed by atoms with van der Waals surface area (Å²) in [6.45, 7) is 8.49. The number of nitrogens with zero attached hydrogens (tertiary/aromatic N) is 1. The summed E-state index contributed by atoms with van der Waals surface area (Å²) in [5, 5.41) is 1.09. The lowest BCUT2D eigenvalue weighted by atomic mass is 10.1. The molecule has 2 aromatic rings. The molecule has 2 nitrogen and oxygen atoms in total. The van der Waals surface area contributed by atoms with Crippen LogP contribution in [0, 0.1) is 6.92 Å². The Balaban J connectivity index is 2.54. The van der Waals surface area contributed by atoms with Crippen molar-refractivity contribution in [3.05, 3.63) is 40.4 Å². The Kier molecular flexibility index (Phi) is 3.83. The molecular formula is C15H20N2S. The van der Waals surface area contributed by atoms with Crippen LogP contribution >= 0.6 is 11.3 Å². The lowest BCUT2D eigenvalue weighted by Gasteiger charge is -2.07. The van der Waals surface area contributed by atoms with Gasteiger partial charge in [-0.15, -0.1) is 11.3 Å². The number of aromatic nitrogens is 1. The average molecular weight is 260 g/mol. The van der Waals surface area contributed by atoms with Gasteiger partial charge >= 0.3 is 0 Å². The van der Waals surface area contributed by atoms with Gasteiger partial charge in [-0.2, -0.15) is 0 Å². The average Bonchev–Trinajstić information content (AvgIpc) is 2.74. The predicted molar refractivity (Wildman–Crippen MR) is 79.0 cm³/mol. The van der Waals surface area contributed by atoms with Crippen molar-refractivity contribution >= 4 is 11.3 Å². The summed E-state index contributed by atoms with van der Waals surface area (Å²) in [6.07, 6.45) is 0. The molecule has 0 aliphatic rings. The first kappa shape index (κ1) is 13.2. The third kappa shape index (κ3) is 2.47. The Morgan fingerprint density at radius 1 is 1.17 bits per heavy atom. The van der Waals surface area contributed by atoms with Gasteiger partial charge in [-0.1, -0.05) is 38.1 Å². The molecule has 0 fully saturated rings. The molecule has 2 N–H and O–H groups in total. The second-order valence-corrected chi connectivity index (χ2v) is 6.06. The standard InChI is InChI=1S/C15H20N2S/c1-9(2)13-14(11(4)16)18-15(17-13)12-8-6-5-7-10(12)3/h5-9,11H,16H2,1-4H3. The molecule has 2 rings (SSSR count). The number of hydrogen-bond donors (Lipinski definition) is 1. The maximum Gasteiger partial charge on any atom is 0.124 e. The highest BCUT2D eigenvalue weighted by atomic mass is 32.1. The molecule has 18 heavy (non-hydrogen) atoms. The fourth-order valence-electron chi connectivity index (χ4n) is 2.01. The van der Waals surface area contributed by atoms with Crippen LogP contribution in [0.15, 0.2) is 24.3 Å². The highest BCUT2D eigenvalue weighted by Crippen LogP contribution is 2.35. The molecule has 1 heterocycles. The molecule has 0 saturated heterocycles. The molecule has 0 saturated carbocycles. The summed E-state index contributed by atoms with van der Waals surface area (Å²) >= 11 is 1.73. The van der Waals surface area contributed by atoms with E-state index in [1.165, 1.54) is 16.0 Å². The van der Waals surface area contributed by atoms with Crippen LogP contribution < -0.4 is 5.73 Å². The van der Waals surface area contributed by atoms with E-state index >= 15 is 0 Å². The zero-order valence-electron chi connectivity index (χ0n) is 11.4. The number of aryl methyl sites for hydroxylation is 1. The van der Waals surface area contributed by atoms with Gasteiger partial charge in [0.25, 0.3) is 0 Å². The van der Waals surface area contributed by atoms with Crippen molar-refractivity contribution in [2.75, 3.05) is 0 Å². The van der Waals surface area contributed by atoms with Gasteiger partial charge < -0.3 is 5.73 Å². The van der Waals surface area contributed by atoms with Crippen LogP contribution in [-0.2, 0) is 0 Å². The smallest absolute Gasteiger partial charge is 0.124 e. The number of rotatable bonds is 3. The number of nitrogens with two attached hydrogens (primary N) is 1. The monoisotopic (exact) mass is 260 g/mol. The minimum Gasteiger partial charge on any atom is -0.323 e. The maximum atomic E-state index is 6.05. The fourth-order valence-corrected chi connectivity index (χ4v) is 3.27. The zero-order chi connectivity index (χ0) is 13.3. The van der Waals surface area contributed by atoms with Crippen LogP contribution in [-0.4, -0.2) is 4.98 Å². The molecule has 1 atom stereocenters. The van der Waals surface area contributed by atoms with Gasteiger partial charge in [0.1, 0.15) is 5.01 Å². The molecule has 0 aliphatic heterocycles. The van der Waals surface area contributed by atoms with Gasteiger partial charge in [0.15, 0.2) is 0 Å². The van der Waals surface area contributed by atoms with E-state index in [4.69, 9.17) is 10.7 Å².